The van der Waals surface area contributed by atoms with Crippen molar-refractivity contribution < 1.29 is 19.5 Å². The van der Waals surface area contributed by atoms with Gasteiger partial charge in [-0.3, -0.25) is 19.8 Å². The quantitative estimate of drug-likeness (QED) is 0.662. The van der Waals surface area contributed by atoms with Crippen LogP contribution in [0, 0.1) is 0 Å². The molecule has 1 heterocycles. The van der Waals surface area contributed by atoms with Gasteiger partial charge in [0.05, 0.1) is 6.54 Å². The third-order valence-electron chi connectivity index (χ3n) is 3.73. The van der Waals surface area contributed by atoms with Crippen LogP contribution in [-0.2, 0) is 9.59 Å². The Bertz CT molecular complexity index is 386. The van der Waals surface area contributed by atoms with Crippen LogP contribution >= 0.6 is 0 Å². The lowest BCUT2D eigenvalue weighted by atomic mass is 9.93. The maximum Gasteiger partial charge on any atom is 0.324 e. The van der Waals surface area contributed by atoms with Gasteiger partial charge in [0.2, 0.25) is 5.91 Å². The molecule has 0 aromatic carbocycles. The summed E-state index contributed by atoms with van der Waals surface area (Å²) < 4.78 is 0. The van der Waals surface area contributed by atoms with Crippen molar-refractivity contribution in [3.05, 3.63) is 0 Å². The average Bonchev–Trinajstić information content (AvgIpc) is 2.80. The molecular formula is C13H23N3O4. The molecule has 1 fully saturated rings. The number of nitrogens with zero attached hydrogens (tertiary/aromatic N) is 1. The first kappa shape index (κ1) is 16.4. The number of amides is 3. The highest BCUT2D eigenvalue weighted by Crippen LogP contribution is 2.32. The first-order valence-corrected chi connectivity index (χ1v) is 7.02. The van der Waals surface area contributed by atoms with E-state index in [1.165, 1.54) is 0 Å². The molecule has 20 heavy (non-hydrogen) atoms. The molecule has 7 heteroatoms. The number of aliphatic carboxylic acids is 1. The van der Waals surface area contributed by atoms with Gasteiger partial charge in [0, 0.05) is 6.54 Å². The summed E-state index contributed by atoms with van der Waals surface area (Å²) in [6, 6.07) is -0.534. The first-order valence-electron chi connectivity index (χ1n) is 7.02. The predicted octanol–water partition coefficient (Wildman–Crippen LogP) is 0.551. The van der Waals surface area contributed by atoms with Crippen LogP contribution in [0.25, 0.3) is 0 Å². The van der Waals surface area contributed by atoms with E-state index in [0.29, 0.717) is 25.9 Å². The molecule has 0 aromatic rings. The molecule has 7 nitrogen and oxygen atoms in total. The van der Waals surface area contributed by atoms with Crippen LogP contribution < -0.4 is 10.6 Å². The number of nitrogens with one attached hydrogen (secondary N) is 2. The fraction of sp³-hybridized carbons (Fsp3) is 0.769. The summed E-state index contributed by atoms with van der Waals surface area (Å²) in [6.07, 6.45) is 2.51. The standard InChI is InChI=1S/C13H23N3O4/c1-3-7-14-12(20)15-10(17)9-16-8-5-6-13(16,4-2)11(18)19/h3-9H2,1-2H3,(H,18,19)(H2,14,15,17,20). The van der Waals surface area contributed by atoms with E-state index < -0.39 is 23.4 Å². The zero-order valence-corrected chi connectivity index (χ0v) is 12.1. The van der Waals surface area contributed by atoms with E-state index in [2.05, 4.69) is 10.6 Å². The second kappa shape index (κ2) is 7.23. The summed E-state index contributed by atoms with van der Waals surface area (Å²) >= 11 is 0. The maximum absolute atomic E-state index is 11.8. The van der Waals surface area contributed by atoms with Gasteiger partial charge in [0.1, 0.15) is 5.54 Å². The molecule has 1 saturated heterocycles. The summed E-state index contributed by atoms with van der Waals surface area (Å²) in [6.45, 7) is 4.70. The van der Waals surface area contributed by atoms with Gasteiger partial charge in [-0.15, -0.1) is 0 Å². The van der Waals surface area contributed by atoms with Gasteiger partial charge >= 0.3 is 12.0 Å². The van der Waals surface area contributed by atoms with Crippen molar-refractivity contribution in [3.8, 4) is 0 Å². The SMILES string of the molecule is CCCNC(=O)NC(=O)CN1CCCC1(CC)C(=O)O. The molecule has 0 spiro atoms. The zero-order valence-electron chi connectivity index (χ0n) is 12.1. The summed E-state index contributed by atoms with van der Waals surface area (Å²) in [5.74, 6) is -1.37. The number of likely N-dealkylation sites (tertiary alicyclic amines) is 1. The Hall–Kier alpha value is -1.63. The molecule has 1 unspecified atom stereocenters. The Morgan fingerprint density at radius 3 is 2.55 bits per heavy atom. The second-order valence-corrected chi connectivity index (χ2v) is 5.02. The van der Waals surface area contributed by atoms with Crippen LogP contribution in [0.1, 0.15) is 39.5 Å². The van der Waals surface area contributed by atoms with Crippen molar-refractivity contribution in [1.29, 1.82) is 0 Å². The number of urea groups is 1. The summed E-state index contributed by atoms with van der Waals surface area (Å²) in [5, 5.41) is 14.2. The topological polar surface area (TPSA) is 98.7 Å². The van der Waals surface area contributed by atoms with E-state index in [-0.39, 0.29) is 6.54 Å². The molecule has 3 N–H and O–H groups in total. The van der Waals surface area contributed by atoms with Gasteiger partial charge in [0.25, 0.3) is 0 Å². The lowest BCUT2D eigenvalue weighted by molar-refractivity contribution is -0.150. The molecule has 0 bridgehead atoms. The van der Waals surface area contributed by atoms with Crippen LogP contribution in [0.4, 0.5) is 4.79 Å². The van der Waals surface area contributed by atoms with Gasteiger partial charge < -0.3 is 10.4 Å². The van der Waals surface area contributed by atoms with Gasteiger partial charge in [-0.05, 0) is 32.2 Å². The van der Waals surface area contributed by atoms with Crippen LogP contribution in [-0.4, -0.2) is 53.1 Å². The number of imide groups is 1. The van der Waals surface area contributed by atoms with Gasteiger partial charge in [-0.25, -0.2) is 4.79 Å². The lowest BCUT2D eigenvalue weighted by Gasteiger charge is -2.33. The Balaban J connectivity index is 2.56. The summed E-state index contributed by atoms with van der Waals surface area (Å²) in [4.78, 5) is 36.3. The highest BCUT2D eigenvalue weighted by molar-refractivity contribution is 5.95. The minimum atomic E-state index is -0.975. The third kappa shape index (κ3) is 3.69. The molecule has 114 valence electrons. The van der Waals surface area contributed by atoms with Crippen molar-refractivity contribution in [3.63, 3.8) is 0 Å². The summed E-state index contributed by atoms with van der Waals surface area (Å²) in [7, 11) is 0. The van der Waals surface area contributed by atoms with E-state index in [9.17, 15) is 19.5 Å². The Morgan fingerprint density at radius 1 is 1.30 bits per heavy atom. The van der Waals surface area contributed by atoms with Gasteiger partial charge in [-0.1, -0.05) is 13.8 Å². The normalized spacial score (nSPS) is 22.5. The molecule has 1 aliphatic rings. The minimum absolute atomic E-state index is 0.0698. The lowest BCUT2D eigenvalue weighted by Crippen LogP contribution is -2.54. The highest BCUT2D eigenvalue weighted by atomic mass is 16.4. The molecule has 1 aliphatic heterocycles. The number of carbonyl (C=O) groups excluding carboxylic acids is 2. The zero-order chi connectivity index (χ0) is 15.2. The van der Waals surface area contributed by atoms with E-state index in [4.69, 9.17) is 0 Å². The smallest absolute Gasteiger partial charge is 0.324 e. The molecule has 0 aliphatic carbocycles. The Labute approximate surface area is 118 Å². The Kier molecular flexibility index (Phi) is 5.94. The molecule has 0 saturated carbocycles. The fourth-order valence-corrected chi connectivity index (χ4v) is 2.58. The van der Waals surface area contributed by atoms with Gasteiger partial charge in [-0.2, -0.15) is 0 Å². The predicted molar refractivity (Wildman–Crippen MR) is 73.3 cm³/mol. The third-order valence-corrected chi connectivity index (χ3v) is 3.73. The van der Waals surface area contributed by atoms with Crippen LogP contribution in [0.2, 0.25) is 0 Å². The number of hydrogen-bond acceptors (Lipinski definition) is 4. The van der Waals surface area contributed by atoms with Crippen LogP contribution in [0.5, 0.6) is 0 Å². The largest absolute Gasteiger partial charge is 0.480 e. The summed E-state index contributed by atoms with van der Waals surface area (Å²) in [5.41, 5.74) is -0.975. The fourth-order valence-electron chi connectivity index (χ4n) is 2.58. The highest BCUT2D eigenvalue weighted by Gasteiger charge is 2.46. The second-order valence-electron chi connectivity index (χ2n) is 5.02. The number of rotatable bonds is 6. The van der Waals surface area contributed by atoms with Crippen LogP contribution in [0.3, 0.4) is 0 Å². The number of hydrogen-bond donors (Lipinski definition) is 3. The number of carbonyl (C=O) groups is 3. The molecule has 1 atom stereocenters. The number of carboxylic acids is 1. The maximum atomic E-state index is 11.8. The van der Waals surface area contributed by atoms with Crippen molar-refractivity contribution in [1.82, 2.24) is 15.5 Å². The van der Waals surface area contributed by atoms with Crippen LogP contribution in [0.15, 0.2) is 0 Å². The van der Waals surface area contributed by atoms with E-state index in [0.717, 1.165) is 12.8 Å². The van der Waals surface area contributed by atoms with Crippen molar-refractivity contribution in [2.75, 3.05) is 19.6 Å². The first-order chi connectivity index (χ1) is 9.46. The van der Waals surface area contributed by atoms with Gasteiger partial charge in [0.15, 0.2) is 0 Å². The average molecular weight is 285 g/mol. The van der Waals surface area contributed by atoms with E-state index in [1.807, 2.05) is 6.92 Å². The van der Waals surface area contributed by atoms with Crippen molar-refractivity contribution >= 4 is 17.9 Å². The van der Waals surface area contributed by atoms with E-state index >= 15 is 0 Å². The van der Waals surface area contributed by atoms with E-state index in [1.54, 1.807) is 11.8 Å². The number of carboxylic acid groups (broad SMARTS) is 1. The molecule has 0 aromatic heterocycles. The van der Waals surface area contributed by atoms with Crippen molar-refractivity contribution in [2.45, 2.75) is 45.1 Å². The molecule has 1 rings (SSSR count). The minimum Gasteiger partial charge on any atom is -0.480 e. The molecule has 0 radical (unpaired) electrons. The monoisotopic (exact) mass is 285 g/mol. The Morgan fingerprint density at radius 2 is 2.00 bits per heavy atom. The van der Waals surface area contributed by atoms with Crippen molar-refractivity contribution in [2.24, 2.45) is 0 Å². The molecule has 3 amide bonds. The molecular weight excluding hydrogens is 262 g/mol.